The summed E-state index contributed by atoms with van der Waals surface area (Å²) in [4.78, 5) is 4.79. The third kappa shape index (κ3) is 2.08. The van der Waals surface area contributed by atoms with Gasteiger partial charge >= 0.3 is 0 Å². The highest BCUT2D eigenvalue weighted by Gasteiger charge is 2.41. The van der Waals surface area contributed by atoms with Gasteiger partial charge in [0.25, 0.3) is 6.71 Å². The molecule has 2 aliphatic heterocycles. The van der Waals surface area contributed by atoms with Crippen LogP contribution in [0, 0.1) is 0 Å². The van der Waals surface area contributed by atoms with Crippen LogP contribution in [0.5, 0.6) is 0 Å². The van der Waals surface area contributed by atoms with Gasteiger partial charge in [-0.1, -0.05) is 78.9 Å². The molecule has 0 saturated carbocycles. The van der Waals surface area contributed by atoms with Gasteiger partial charge in [-0.3, -0.25) is 0 Å². The van der Waals surface area contributed by atoms with E-state index >= 15 is 0 Å². The SMILES string of the molecule is CN1c2cccc3c2B(c2ccc4ccccc4c21)c1ccc2ccccc2c1N3C. The summed E-state index contributed by atoms with van der Waals surface area (Å²) in [5.74, 6) is 0. The highest BCUT2D eigenvalue weighted by Crippen LogP contribution is 2.40. The minimum atomic E-state index is 0.234. The second-order valence-corrected chi connectivity index (χ2v) is 8.71. The second kappa shape index (κ2) is 5.92. The molecule has 7 rings (SSSR count). The first-order valence-corrected chi connectivity index (χ1v) is 10.9. The van der Waals surface area contributed by atoms with E-state index in [4.69, 9.17) is 0 Å². The number of nitrogens with zero attached hydrogens (tertiary/aromatic N) is 2. The molecule has 0 radical (unpaired) electrons. The van der Waals surface area contributed by atoms with Gasteiger partial charge in [0.2, 0.25) is 0 Å². The van der Waals surface area contributed by atoms with E-state index in [0.29, 0.717) is 0 Å². The molecule has 0 unspecified atom stereocenters. The molecule has 0 bridgehead atoms. The van der Waals surface area contributed by atoms with E-state index in [0.717, 1.165) is 0 Å². The van der Waals surface area contributed by atoms with E-state index in [2.05, 4.69) is 115 Å². The predicted molar refractivity (Wildman–Crippen MR) is 135 cm³/mol. The molecule has 0 fully saturated rings. The Morgan fingerprint density at radius 1 is 0.516 bits per heavy atom. The summed E-state index contributed by atoms with van der Waals surface area (Å²) in [6.45, 7) is 0.234. The lowest BCUT2D eigenvalue weighted by Gasteiger charge is -2.42. The van der Waals surface area contributed by atoms with Gasteiger partial charge in [-0.25, -0.2) is 0 Å². The average molecular weight is 396 g/mol. The van der Waals surface area contributed by atoms with Crippen molar-refractivity contribution in [1.29, 1.82) is 0 Å². The molecule has 0 N–H and O–H groups in total. The lowest BCUT2D eigenvalue weighted by molar-refractivity contribution is 1.19. The van der Waals surface area contributed by atoms with Crippen LogP contribution in [0.4, 0.5) is 22.7 Å². The smallest absolute Gasteiger partial charge is 0.252 e. The maximum atomic E-state index is 2.40. The Bertz CT molecular complexity index is 1430. The molecule has 3 heteroatoms. The molecule has 0 aromatic heterocycles. The van der Waals surface area contributed by atoms with Crippen molar-refractivity contribution in [2.75, 3.05) is 23.9 Å². The zero-order chi connectivity index (χ0) is 20.7. The Morgan fingerprint density at radius 2 is 1.00 bits per heavy atom. The number of benzene rings is 5. The predicted octanol–water partition coefficient (Wildman–Crippen LogP) is 4.67. The zero-order valence-corrected chi connectivity index (χ0v) is 17.6. The highest BCUT2D eigenvalue weighted by atomic mass is 15.1. The summed E-state index contributed by atoms with van der Waals surface area (Å²) < 4.78 is 0. The maximum Gasteiger partial charge on any atom is 0.252 e. The van der Waals surface area contributed by atoms with Crippen molar-refractivity contribution >= 4 is 67.4 Å². The molecular weight excluding hydrogens is 375 g/mol. The van der Waals surface area contributed by atoms with Gasteiger partial charge < -0.3 is 9.80 Å². The summed E-state index contributed by atoms with van der Waals surface area (Å²) in [5.41, 5.74) is 9.47. The average Bonchev–Trinajstić information content (AvgIpc) is 2.82. The zero-order valence-electron chi connectivity index (χ0n) is 17.6. The Labute approximate surface area is 182 Å². The number of hydrogen-bond donors (Lipinski definition) is 0. The van der Waals surface area contributed by atoms with Crippen LogP contribution in [0.3, 0.4) is 0 Å². The molecule has 2 aliphatic rings. The number of fused-ring (bicyclic) bond motifs is 8. The van der Waals surface area contributed by atoms with Gasteiger partial charge in [0.1, 0.15) is 0 Å². The minimum Gasteiger partial charge on any atom is -0.345 e. The molecule has 5 aromatic rings. The highest BCUT2D eigenvalue weighted by molar-refractivity contribution is 7.00. The van der Waals surface area contributed by atoms with Crippen molar-refractivity contribution < 1.29 is 0 Å². The van der Waals surface area contributed by atoms with E-state index in [1.807, 2.05) is 0 Å². The van der Waals surface area contributed by atoms with Crippen LogP contribution in [0.1, 0.15) is 0 Å². The lowest BCUT2D eigenvalue weighted by atomic mass is 9.33. The Kier molecular flexibility index (Phi) is 3.25. The summed E-state index contributed by atoms with van der Waals surface area (Å²) in [6.07, 6.45) is 0. The van der Waals surface area contributed by atoms with Crippen molar-refractivity contribution in [2.24, 2.45) is 0 Å². The summed E-state index contributed by atoms with van der Waals surface area (Å²) in [7, 11) is 4.43. The Morgan fingerprint density at radius 3 is 1.52 bits per heavy atom. The molecule has 146 valence electrons. The Balaban J connectivity index is 1.64. The first-order chi connectivity index (χ1) is 15.2. The van der Waals surface area contributed by atoms with Gasteiger partial charge in [0.15, 0.2) is 0 Å². The summed E-state index contributed by atoms with van der Waals surface area (Å²) in [6, 6.07) is 33.5. The fraction of sp³-hybridized carbons (Fsp3) is 0.0714. The van der Waals surface area contributed by atoms with Crippen molar-refractivity contribution in [1.82, 2.24) is 0 Å². The van der Waals surface area contributed by atoms with Crippen molar-refractivity contribution in [3.63, 3.8) is 0 Å². The minimum absolute atomic E-state index is 0.234. The summed E-state index contributed by atoms with van der Waals surface area (Å²) in [5, 5.41) is 5.22. The van der Waals surface area contributed by atoms with Crippen molar-refractivity contribution in [3.05, 3.63) is 91.0 Å². The maximum absolute atomic E-state index is 2.40. The van der Waals surface area contributed by atoms with E-state index in [1.54, 1.807) is 0 Å². The molecule has 5 aromatic carbocycles. The Hall–Kier alpha value is -3.72. The van der Waals surface area contributed by atoms with E-state index in [1.165, 1.54) is 60.7 Å². The molecule has 0 aliphatic carbocycles. The molecule has 31 heavy (non-hydrogen) atoms. The first kappa shape index (κ1) is 17.0. The lowest BCUT2D eigenvalue weighted by Crippen LogP contribution is -2.61. The molecule has 2 heterocycles. The second-order valence-electron chi connectivity index (χ2n) is 8.71. The van der Waals surface area contributed by atoms with Crippen LogP contribution in [0.15, 0.2) is 91.0 Å². The van der Waals surface area contributed by atoms with Crippen LogP contribution in [-0.2, 0) is 0 Å². The van der Waals surface area contributed by atoms with Gasteiger partial charge in [0, 0.05) is 47.6 Å². The van der Waals surface area contributed by atoms with E-state index < -0.39 is 0 Å². The van der Waals surface area contributed by atoms with Crippen molar-refractivity contribution in [3.8, 4) is 0 Å². The number of rotatable bonds is 0. The van der Waals surface area contributed by atoms with Crippen LogP contribution in [0.25, 0.3) is 21.5 Å². The number of anilines is 4. The third-order valence-corrected chi connectivity index (χ3v) is 7.23. The molecule has 0 atom stereocenters. The third-order valence-electron chi connectivity index (χ3n) is 7.23. The van der Waals surface area contributed by atoms with Crippen LogP contribution in [-0.4, -0.2) is 20.8 Å². The topological polar surface area (TPSA) is 6.48 Å². The monoisotopic (exact) mass is 396 g/mol. The summed E-state index contributed by atoms with van der Waals surface area (Å²) >= 11 is 0. The molecular formula is C28H21BN2. The standard InChI is InChI=1S/C28H21BN2/c1-30-24-12-7-13-25-26(24)29(22-16-14-18-8-3-5-10-20(18)27(22)30)23-17-15-19-9-4-6-11-21(19)28(23)31(25)2/h3-17H,1-2H3. The molecule has 0 spiro atoms. The van der Waals surface area contributed by atoms with Crippen LogP contribution in [0.2, 0.25) is 0 Å². The van der Waals surface area contributed by atoms with Crippen molar-refractivity contribution in [2.45, 2.75) is 0 Å². The molecule has 2 nitrogen and oxygen atoms in total. The van der Waals surface area contributed by atoms with Crippen LogP contribution >= 0.6 is 0 Å². The normalized spacial score (nSPS) is 13.9. The quantitative estimate of drug-likeness (QED) is 0.351. The first-order valence-electron chi connectivity index (χ1n) is 10.9. The largest absolute Gasteiger partial charge is 0.345 e. The fourth-order valence-corrected chi connectivity index (χ4v) is 5.90. The van der Waals surface area contributed by atoms with Gasteiger partial charge in [-0.2, -0.15) is 0 Å². The van der Waals surface area contributed by atoms with Gasteiger partial charge in [-0.05, 0) is 39.3 Å². The molecule has 0 amide bonds. The van der Waals surface area contributed by atoms with Crippen LogP contribution < -0.4 is 26.2 Å². The van der Waals surface area contributed by atoms with E-state index in [9.17, 15) is 0 Å². The van der Waals surface area contributed by atoms with Gasteiger partial charge in [0.05, 0.1) is 0 Å². The van der Waals surface area contributed by atoms with Gasteiger partial charge in [-0.15, -0.1) is 0 Å². The van der Waals surface area contributed by atoms with E-state index in [-0.39, 0.29) is 6.71 Å². The fourth-order valence-electron chi connectivity index (χ4n) is 5.90. The molecule has 0 saturated heterocycles. The number of hydrogen-bond acceptors (Lipinski definition) is 2.